The molecule has 0 saturated carbocycles. The van der Waals surface area contributed by atoms with Crippen LogP contribution in [0.5, 0.6) is 0 Å². The molecule has 0 N–H and O–H groups in total. The van der Waals surface area contributed by atoms with Crippen LogP contribution in [0, 0.1) is 0 Å². The number of hydrogen-bond acceptors (Lipinski definition) is 3. The van der Waals surface area contributed by atoms with Crippen LogP contribution in [0.15, 0.2) is 54.6 Å². The lowest BCUT2D eigenvalue weighted by Crippen LogP contribution is -2.37. The minimum absolute atomic E-state index is 0.211. The molecule has 2 aromatic carbocycles. The van der Waals surface area contributed by atoms with E-state index in [0.717, 1.165) is 11.1 Å². The van der Waals surface area contributed by atoms with E-state index in [0.29, 0.717) is 5.56 Å². The predicted molar refractivity (Wildman–Crippen MR) is 82.1 cm³/mol. The molecule has 0 heterocycles. The summed E-state index contributed by atoms with van der Waals surface area (Å²) in [6.07, 6.45) is 0. The van der Waals surface area contributed by atoms with Crippen molar-refractivity contribution >= 4 is 11.8 Å². The molecule has 3 heteroatoms. The zero-order chi connectivity index (χ0) is 15.5. The average Bonchev–Trinajstić information content (AvgIpc) is 2.46. The van der Waals surface area contributed by atoms with Gasteiger partial charge in [-0.2, -0.15) is 0 Å². The number of rotatable bonds is 4. The molecular formula is C18H18O3. The molecule has 0 saturated heterocycles. The molecule has 0 bridgehead atoms. The first-order valence-corrected chi connectivity index (χ1v) is 6.80. The fraction of sp³-hybridized carbons (Fsp3) is 0.222. The van der Waals surface area contributed by atoms with Gasteiger partial charge in [-0.05, 0) is 25.0 Å². The van der Waals surface area contributed by atoms with Crippen molar-refractivity contribution in [2.24, 2.45) is 0 Å². The molecular weight excluding hydrogens is 264 g/mol. The Bertz CT molecular complexity index is 657. The van der Waals surface area contributed by atoms with Crippen LogP contribution in [0.2, 0.25) is 0 Å². The fourth-order valence-electron chi connectivity index (χ4n) is 2.28. The summed E-state index contributed by atoms with van der Waals surface area (Å²) in [5.74, 6) is -0.678. The highest BCUT2D eigenvalue weighted by atomic mass is 16.6. The van der Waals surface area contributed by atoms with Crippen LogP contribution in [-0.4, -0.2) is 17.4 Å². The van der Waals surface area contributed by atoms with Crippen molar-refractivity contribution in [1.82, 2.24) is 0 Å². The molecule has 0 fully saturated rings. The average molecular weight is 282 g/mol. The second-order valence-electron chi connectivity index (χ2n) is 5.34. The van der Waals surface area contributed by atoms with Crippen LogP contribution in [0.3, 0.4) is 0 Å². The molecule has 2 aromatic rings. The Morgan fingerprint density at radius 2 is 1.48 bits per heavy atom. The van der Waals surface area contributed by atoms with Crippen molar-refractivity contribution in [3.05, 3.63) is 60.2 Å². The largest absolute Gasteiger partial charge is 0.451 e. The van der Waals surface area contributed by atoms with Crippen LogP contribution in [0.25, 0.3) is 11.1 Å². The summed E-state index contributed by atoms with van der Waals surface area (Å²) >= 11 is 0. The molecule has 2 rings (SSSR count). The Labute approximate surface area is 124 Å². The van der Waals surface area contributed by atoms with Crippen molar-refractivity contribution in [3.63, 3.8) is 0 Å². The standard InChI is InChI=1S/C18H18O3/c1-13(19)21-18(2,3)17(20)16-12-8-7-11-15(16)14-9-5-4-6-10-14/h4-12H,1-3H3. The Kier molecular flexibility index (Phi) is 4.22. The number of hydrogen-bond donors (Lipinski definition) is 0. The normalized spacial score (nSPS) is 11.0. The highest BCUT2D eigenvalue weighted by Gasteiger charge is 2.33. The van der Waals surface area contributed by atoms with Gasteiger partial charge < -0.3 is 4.74 Å². The summed E-state index contributed by atoms with van der Waals surface area (Å²) in [5, 5.41) is 0. The van der Waals surface area contributed by atoms with Gasteiger partial charge in [0.05, 0.1) is 0 Å². The van der Waals surface area contributed by atoms with Gasteiger partial charge in [0, 0.05) is 12.5 Å². The highest BCUT2D eigenvalue weighted by molar-refractivity contribution is 6.07. The Hall–Kier alpha value is -2.42. The minimum Gasteiger partial charge on any atom is -0.451 e. The number of Topliss-reactive ketones (excluding diaryl/α,β-unsaturated/α-hetero) is 1. The molecule has 0 aliphatic carbocycles. The van der Waals surface area contributed by atoms with E-state index in [9.17, 15) is 9.59 Å². The first-order valence-electron chi connectivity index (χ1n) is 6.80. The van der Waals surface area contributed by atoms with E-state index >= 15 is 0 Å². The topological polar surface area (TPSA) is 43.4 Å². The van der Waals surface area contributed by atoms with Crippen molar-refractivity contribution in [2.75, 3.05) is 0 Å². The van der Waals surface area contributed by atoms with E-state index < -0.39 is 11.6 Å². The van der Waals surface area contributed by atoms with Crippen molar-refractivity contribution in [1.29, 1.82) is 0 Å². The number of carbonyl (C=O) groups excluding carboxylic acids is 2. The number of carbonyl (C=O) groups is 2. The first kappa shape index (κ1) is 15.0. The van der Waals surface area contributed by atoms with Crippen LogP contribution in [-0.2, 0) is 9.53 Å². The van der Waals surface area contributed by atoms with E-state index in [4.69, 9.17) is 4.74 Å². The smallest absolute Gasteiger partial charge is 0.303 e. The van der Waals surface area contributed by atoms with E-state index in [-0.39, 0.29) is 5.78 Å². The Morgan fingerprint density at radius 1 is 0.905 bits per heavy atom. The number of ketones is 1. The first-order chi connectivity index (χ1) is 9.92. The molecule has 0 atom stereocenters. The van der Waals surface area contributed by atoms with Gasteiger partial charge in [-0.3, -0.25) is 9.59 Å². The van der Waals surface area contributed by atoms with Gasteiger partial charge in [0.2, 0.25) is 5.78 Å². The third kappa shape index (κ3) is 3.37. The van der Waals surface area contributed by atoms with Crippen molar-refractivity contribution in [3.8, 4) is 11.1 Å². The summed E-state index contributed by atoms with van der Waals surface area (Å²) in [4.78, 5) is 23.9. The number of benzene rings is 2. The molecule has 3 nitrogen and oxygen atoms in total. The summed E-state index contributed by atoms with van der Waals surface area (Å²) < 4.78 is 5.16. The van der Waals surface area contributed by atoms with Crippen LogP contribution >= 0.6 is 0 Å². The maximum Gasteiger partial charge on any atom is 0.303 e. The molecule has 108 valence electrons. The lowest BCUT2D eigenvalue weighted by Gasteiger charge is -2.24. The van der Waals surface area contributed by atoms with Crippen LogP contribution in [0.4, 0.5) is 0 Å². The molecule has 0 aromatic heterocycles. The third-order valence-electron chi connectivity index (χ3n) is 3.20. The number of ether oxygens (including phenoxy) is 1. The van der Waals surface area contributed by atoms with E-state index in [1.54, 1.807) is 19.9 Å². The minimum atomic E-state index is -1.18. The molecule has 0 unspecified atom stereocenters. The summed E-state index contributed by atoms with van der Waals surface area (Å²) in [6.45, 7) is 4.52. The summed E-state index contributed by atoms with van der Waals surface area (Å²) in [5.41, 5.74) is 1.16. The zero-order valence-corrected chi connectivity index (χ0v) is 12.4. The van der Waals surface area contributed by atoms with Crippen molar-refractivity contribution in [2.45, 2.75) is 26.4 Å². The van der Waals surface area contributed by atoms with Gasteiger partial charge in [0.25, 0.3) is 0 Å². The van der Waals surface area contributed by atoms with Gasteiger partial charge in [-0.25, -0.2) is 0 Å². The van der Waals surface area contributed by atoms with Gasteiger partial charge >= 0.3 is 5.97 Å². The van der Waals surface area contributed by atoms with Crippen LogP contribution < -0.4 is 0 Å². The molecule has 0 radical (unpaired) electrons. The summed E-state index contributed by atoms with van der Waals surface area (Å²) in [6, 6.07) is 17.0. The van der Waals surface area contributed by atoms with E-state index in [1.165, 1.54) is 6.92 Å². The quantitative estimate of drug-likeness (QED) is 0.631. The van der Waals surface area contributed by atoms with E-state index in [1.807, 2.05) is 48.5 Å². The SMILES string of the molecule is CC(=O)OC(C)(C)C(=O)c1ccccc1-c1ccccc1. The Morgan fingerprint density at radius 3 is 2.10 bits per heavy atom. The van der Waals surface area contributed by atoms with Gasteiger partial charge in [-0.1, -0.05) is 54.6 Å². The maximum atomic E-state index is 12.7. The lowest BCUT2D eigenvalue weighted by molar-refractivity contribution is -0.149. The second kappa shape index (κ2) is 5.92. The van der Waals surface area contributed by atoms with E-state index in [2.05, 4.69) is 0 Å². The number of esters is 1. The summed E-state index contributed by atoms with van der Waals surface area (Å²) in [7, 11) is 0. The molecule has 21 heavy (non-hydrogen) atoms. The molecule has 0 aliphatic rings. The highest BCUT2D eigenvalue weighted by Crippen LogP contribution is 2.27. The van der Waals surface area contributed by atoms with Crippen molar-refractivity contribution < 1.29 is 14.3 Å². The third-order valence-corrected chi connectivity index (χ3v) is 3.20. The van der Waals surface area contributed by atoms with Gasteiger partial charge in [0.1, 0.15) is 0 Å². The fourth-order valence-corrected chi connectivity index (χ4v) is 2.28. The van der Waals surface area contributed by atoms with Crippen LogP contribution in [0.1, 0.15) is 31.1 Å². The Balaban J connectivity index is 2.46. The lowest BCUT2D eigenvalue weighted by atomic mass is 9.90. The maximum absolute atomic E-state index is 12.7. The monoisotopic (exact) mass is 282 g/mol. The molecule has 0 spiro atoms. The predicted octanol–water partition coefficient (Wildman–Crippen LogP) is 3.88. The molecule has 0 aliphatic heterocycles. The second-order valence-corrected chi connectivity index (χ2v) is 5.34. The van der Waals surface area contributed by atoms with Gasteiger partial charge in [0.15, 0.2) is 5.60 Å². The molecule has 0 amide bonds. The van der Waals surface area contributed by atoms with Gasteiger partial charge in [-0.15, -0.1) is 0 Å². The zero-order valence-electron chi connectivity index (χ0n) is 12.4.